The Morgan fingerprint density at radius 1 is 1.24 bits per heavy atom. The molecule has 0 aliphatic rings. The Bertz CT molecular complexity index is 653. The number of rotatable bonds is 5. The van der Waals surface area contributed by atoms with E-state index in [4.69, 9.17) is 16.3 Å². The van der Waals surface area contributed by atoms with E-state index in [-0.39, 0.29) is 5.97 Å². The summed E-state index contributed by atoms with van der Waals surface area (Å²) in [6.45, 7) is 2.67. The molecule has 0 amide bonds. The number of nitrogens with zero attached hydrogens (tertiary/aromatic N) is 1. The standard InChI is InChI=1S/C17H20ClNO2/c1-12(20)21-9-8-16-15-6-4-13(11-19(2)3)10-14(15)5-7-17(16)18/h4-7,10H,8-9,11H2,1-3H3. The number of benzene rings is 2. The van der Waals surface area contributed by atoms with Gasteiger partial charge < -0.3 is 9.64 Å². The molecule has 0 aliphatic heterocycles. The van der Waals surface area contributed by atoms with Crippen LogP contribution in [0.3, 0.4) is 0 Å². The normalized spacial score (nSPS) is 11.1. The predicted octanol–water partition coefficient (Wildman–Crippen LogP) is 3.66. The minimum absolute atomic E-state index is 0.264. The van der Waals surface area contributed by atoms with E-state index < -0.39 is 0 Å². The number of halogens is 1. The highest BCUT2D eigenvalue weighted by Gasteiger charge is 2.08. The molecule has 21 heavy (non-hydrogen) atoms. The average Bonchev–Trinajstić information content (AvgIpc) is 2.40. The van der Waals surface area contributed by atoms with Crippen molar-refractivity contribution in [3.8, 4) is 0 Å². The quantitative estimate of drug-likeness (QED) is 0.790. The molecule has 0 fully saturated rings. The van der Waals surface area contributed by atoms with E-state index in [1.165, 1.54) is 12.5 Å². The van der Waals surface area contributed by atoms with Gasteiger partial charge in [-0.3, -0.25) is 4.79 Å². The highest BCUT2D eigenvalue weighted by atomic mass is 35.5. The van der Waals surface area contributed by atoms with Crippen molar-refractivity contribution in [2.45, 2.75) is 19.9 Å². The number of carbonyl (C=O) groups is 1. The summed E-state index contributed by atoms with van der Waals surface area (Å²) in [4.78, 5) is 13.0. The van der Waals surface area contributed by atoms with Crippen LogP contribution in [0.15, 0.2) is 30.3 Å². The van der Waals surface area contributed by atoms with Gasteiger partial charge in [0.25, 0.3) is 0 Å². The predicted molar refractivity (Wildman–Crippen MR) is 86.7 cm³/mol. The Hall–Kier alpha value is -1.58. The molecular formula is C17H20ClNO2. The van der Waals surface area contributed by atoms with Crippen LogP contribution in [0.25, 0.3) is 10.8 Å². The summed E-state index contributed by atoms with van der Waals surface area (Å²) in [5, 5.41) is 3.00. The number of fused-ring (bicyclic) bond motifs is 1. The summed E-state index contributed by atoms with van der Waals surface area (Å²) in [5.74, 6) is -0.264. The second-order valence-corrected chi connectivity index (χ2v) is 5.82. The molecule has 0 bridgehead atoms. The molecule has 0 radical (unpaired) electrons. The third kappa shape index (κ3) is 4.19. The van der Waals surface area contributed by atoms with Crippen LogP contribution in [-0.2, 0) is 22.5 Å². The lowest BCUT2D eigenvalue weighted by Gasteiger charge is -2.13. The number of esters is 1. The van der Waals surface area contributed by atoms with E-state index in [2.05, 4.69) is 37.2 Å². The second-order valence-electron chi connectivity index (χ2n) is 5.41. The summed E-state index contributed by atoms with van der Waals surface area (Å²) < 4.78 is 5.02. The second kappa shape index (κ2) is 6.92. The molecule has 0 atom stereocenters. The SMILES string of the molecule is CC(=O)OCCc1c(Cl)ccc2cc(CN(C)C)ccc12. The minimum Gasteiger partial charge on any atom is -0.466 e. The molecule has 0 saturated heterocycles. The Balaban J connectivity index is 2.31. The van der Waals surface area contributed by atoms with Gasteiger partial charge in [0.05, 0.1) is 6.61 Å². The fraction of sp³-hybridized carbons (Fsp3) is 0.353. The highest BCUT2D eigenvalue weighted by Crippen LogP contribution is 2.27. The van der Waals surface area contributed by atoms with Gasteiger partial charge in [0.15, 0.2) is 0 Å². The van der Waals surface area contributed by atoms with Crippen molar-refractivity contribution in [1.29, 1.82) is 0 Å². The zero-order valence-corrected chi connectivity index (χ0v) is 13.4. The Labute approximate surface area is 130 Å². The molecular weight excluding hydrogens is 286 g/mol. The minimum atomic E-state index is -0.264. The van der Waals surface area contributed by atoms with Gasteiger partial charge in [-0.15, -0.1) is 0 Å². The van der Waals surface area contributed by atoms with Gasteiger partial charge in [-0.05, 0) is 48.1 Å². The van der Waals surface area contributed by atoms with Crippen molar-refractivity contribution in [3.05, 3.63) is 46.5 Å². The van der Waals surface area contributed by atoms with Crippen LogP contribution in [0, 0.1) is 0 Å². The first-order chi connectivity index (χ1) is 9.97. The van der Waals surface area contributed by atoms with Crippen LogP contribution in [0.1, 0.15) is 18.1 Å². The number of ether oxygens (including phenoxy) is 1. The van der Waals surface area contributed by atoms with Crippen molar-refractivity contribution >= 4 is 28.3 Å². The largest absolute Gasteiger partial charge is 0.466 e. The monoisotopic (exact) mass is 305 g/mol. The van der Waals surface area contributed by atoms with Gasteiger partial charge in [-0.2, -0.15) is 0 Å². The average molecular weight is 306 g/mol. The van der Waals surface area contributed by atoms with E-state index in [0.717, 1.165) is 27.9 Å². The highest BCUT2D eigenvalue weighted by molar-refractivity contribution is 6.32. The molecule has 4 heteroatoms. The van der Waals surface area contributed by atoms with Crippen LogP contribution in [0.4, 0.5) is 0 Å². The van der Waals surface area contributed by atoms with Crippen LogP contribution >= 0.6 is 11.6 Å². The van der Waals surface area contributed by atoms with E-state index in [9.17, 15) is 4.79 Å². The van der Waals surface area contributed by atoms with Crippen molar-refractivity contribution in [2.24, 2.45) is 0 Å². The lowest BCUT2D eigenvalue weighted by Crippen LogP contribution is -2.10. The first-order valence-corrected chi connectivity index (χ1v) is 7.33. The van der Waals surface area contributed by atoms with Crippen molar-refractivity contribution < 1.29 is 9.53 Å². The Kier molecular flexibility index (Phi) is 5.21. The summed E-state index contributed by atoms with van der Waals surface area (Å²) in [6, 6.07) is 10.3. The fourth-order valence-corrected chi connectivity index (χ4v) is 2.69. The maximum absolute atomic E-state index is 10.9. The lowest BCUT2D eigenvalue weighted by atomic mass is 10.00. The van der Waals surface area contributed by atoms with Gasteiger partial charge in [0, 0.05) is 24.9 Å². The Morgan fingerprint density at radius 3 is 2.67 bits per heavy atom. The molecule has 2 aromatic rings. The van der Waals surface area contributed by atoms with Crippen molar-refractivity contribution in [3.63, 3.8) is 0 Å². The van der Waals surface area contributed by atoms with E-state index >= 15 is 0 Å². The van der Waals surface area contributed by atoms with Crippen molar-refractivity contribution in [1.82, 2.24) is 4.90 Å². The molecule has 2 rings (SSSR count). The fourth-order valence-electron chi connectivity index (χ4n) is 2.43. The summed E-state index contributed by atoms with van der Waals surface area (Å²) in [7, 11) is 4.10. The number of hydrogen-bond donors (Lipinski definition) is 0. The molecule has 3 nitrogen and oxygen atoms in total. The third-order valence-corrected chi connectivity index (χ3v) is 3.65. The number of carbonyl (C=O) groups excluding carboxylic acids is 1. The summed E-state index contributed by atoms with van der Waals surface area (Å²) in [6.07, 6.45) is 0.628. The first-order valence-electron chi connectivity index (χ1n) is 6.95. The third-order valence-electron chi connectivity index (χ3n) is 3.29. The van der Waals surface area contributed by atoms with Gasteiger partial charge in [-0.25, -0.2) is 0 Å². The summed E-state index contributed by atoms with van der Waals surface area (Å²) in [5.41, 5.74) is 2.30. The topological polar surface area (TPSA) is 29.5 Å². The van der Waals surface area contributed by atoms with Crippen LogP contribution < -0.4 is 0 Å². The maximum Gasteiger partial charge on any atom is 0.302 e. The maximum atomic E-state index is 10.9. The zero-order chi connectivity index (χ0) is 15.4. The number of hydrogen-bond acceptors (Lipinski definition) is 3. The molecule has 2 aromatic carbocycles. The van der Waals surface area contributed by atoms with Crippen LogP contribution in [-0.4, -0.2) is 31.6 Å². The molecule has 0 spiro atoms. The van der Waals surface area contributed by atoms with E-state index in [1.807, 2.05) is 12.1 Å². The van der Waals surface area contributed by atoms with Crippen molar-refractivity contribution in [2.75, 3.05) is 20.7 Å². The molecule has 112 valence electrons. The lowest BCUT2D eigenvalue weighted by molar-refractivity contribution is -0.140. The van der Waals surface area contributed by atoms with Crippen LogP contribution in [0.5, 0.6) is 0 Å². The zero-order valence-electron chi connectivity index (χ0n) is 12.6. The van der Waals surface area contributed by atoms with Gasteiger partial charge in [-0.1, -0.05) is 29.8 Å². The molecule has 0 unspecified atom stereocenters. The first kappa shape index (κ1) is 15.8. The Morgan fingerprint density at radius 2 is 2.00 bits per heavy atom. The molecule has 0 heterocycles. The molecule has 0 aromatic heterocycles. The van der Waals surface area contributed by atoms with E-state index in [0.29, 0.717) is 13.0 Å². The van der Waals surface area contributed by atoms with Crippen LogP contribution in [0.2, 0.25) is 5.02 Å². The smallest absolute Gasteiger partial charge is 0.302 e. The summed E-state index contributed by atoms with van der Waals surface area (Å²) >= 11 is 6.29. The van der Waals surface area contributed by atoms with Gasteiger partial charge in [0.1, 0.15) is 0 Å². The van der Waals surface area contributed by atoms with E-state index in [1.54, 1.807) is 0 Å². The molecule has 0 N–H and O–H groups in total. The van der Waals surface area contributed by atoms with Gasteiger partial charge in [0.2, 0.25) is 0 Å². The molecule has 0 aliphatic carbocycles. The molecule has 0 saturated carbocycles. The van der Waals surface area contributed by atoms with Gasteiger partial charge >= 0.3 is 5.97 Å².